The SMILES string of the molecule is COc1ccc(OC)c(NC(=O)[C@@H]2Cc3ccccc3N2C(C)=O)c1. The van der Waals surface area contributed by atoms with Crippen LogP contribution in [0.1, 0.15) is 12.5 Å². The lowest BCUT2D eigenvalue weighted by Gasteiger charge is -2.24. The minimum Gasteiger partial charge on any atom is -0.497 e. The van der Waals surface area contributed by atoms with Crippen LogP contribution in [-0.4, -0.2) is 32.1 Å². The fraction of sp³-hybridized carbons (Fsp3) is 0.263. The van der Waals surface area contributed by atoms with Crippen LogP contribution in [0, 0.1) is 0 Å². The fourth-order valence-corrected chi connectivity index (χ4v) is 3.11. The third-order valence-electron chi connectivity index (χ3n) is 4.28. The molecule has 6 heteroatoms. The molecule has 0 unspecified atom stereocenters. The standard InChI is InChI=1S/C19H20N2O4/c1-12(22)21-16-7-5-4-6-13(16)10-17(21)19(23)20-15-11-14(24-2)8-9-18(15)25-3/h4-9,11,17H,10H2,1-3H3,(H,20,23)/t17-/m0/s1. The van der Waals surface area contributed by atoms with Crippen molar-refractivity contribution in [3.05, 3.63) is 48.0 Å². The smallest absolute Gasteiger partial charge is 0.248 e. The quantitative estimate of drug-likeness (QED) is 0.929. The van der Waals surface area contributed by atoms with Crippen LogP contribution in [0.5, 0.6) is 11.5 Å². The van der Waals surface area contributed by atoms with Gasteiger partial charge in [0.1, 0.15) is 17.5 Å². The molecule has 0 bridgehead atoms. The number of ether oxygens (including phenoxy) is 2. The maximum atomic E-state index is 12.9. The highest BCUT2D eigenvalue weighted by Crippen LogP contribution is 2.34. The lowest BCUT2D eigenvalue weighted by atomic mass is 10.1. The van der Waals surface area contributed by atoms with E-state index in [1.165, 1.54) is 18.9 Å². The lowest BCUT2D eigenvalue weighted by Crippen LogP contribution is -2.44. The Morgan fingerprint density at radius 3 is 2.56 bits per heavy atom. The average molecular weight is 340 g/mol. The molecule has 25 heavy (non-hydrogen) atoms. The molecule has 2 aromatic rings. The number of carbonyl (C=O) groups excluding carboxylic acids is 2. The minimum atomic E-state index is -0.592. The van der Waals surface area contributed by atoms with Crippen LogP contribution in [0.2, 0.25) is 0 Å². The third kappa shape index (κ3) is 3.15. The van der Waals surface area contributed by atoms with Crippen molar-refractivity contribution in [3.63, 3.8) is 0 Å². The molecule has 2 amide bonds. The third-order valence-corrected chi connectivity index (χ3v) is 4.28. The first-order chi connectivity index (χ1) is 12.0. The van der Waals surface area contributed by atoms with Crippen molar-refractivity contribution >= 4 is 23.2 Å². The average Bonchev–Trinajstić information content (AvgIpc) is 3.01. The Labute approximate surface area is 146 Å². The number of fused-ring (bicyclic) bond motifs is 1. The second kappa shape index (κ2) is 6.84. The summed E-state index contributed by atoms with van der Waals surface area (Å²) in [6, 6.07) is 12.1. The molecule has 1 N–H and O–H groups in total. The van der Waals surface area contributed by atoms with E-state index in [0.29, 0.717) is 23.6 Å². The molecule has 0 saturated carbocycles. The molecule has 0 fully saturated rings. The van der Waals surface area contributed by atoms with E-state index < -0.39 is 6.04 Å². The number of hydrogen-bond acceptors (Lipinski definition) is 4. The van der Waals surface area contributed by atoms with Crippen molar-refractivity contribution in [2.24, 2.45) is 0 Å². The monoisotopic (exact) mass is 340 g/mol. The van der Waals surface area contributed by atoms with Crippen molar-refractivity contribution in [2.75, 3.05) is 24.4 Å². The summed E-state index contributed by atoms with van der Waals surface area (Å²) in [6.45, 7) is 1.47. The Bertz CT molecular complexity index is 819. The number of anilines is 2. The number of hydrogen-bond donors (Lipinski definition) is 1. The molecule has 6 nitrogen and oxygen atoms in total. The molecule has 1 aliphatic rings. The second-order valence-electron chi connectivity index (χ2n) is 5.79. The van der Waals surface area contributed by atoms with E-state index >= 15 is 0 Å². The molecule has 3 rings (SSSR count). The number of amides is 2. The lowest BCUT2D eigenvalue weighted by molar-refractivity contribution is -0.122. The summed E-state index contributed by atoms with van der Waals surface area (Å²) >= 11 is 0. The molecular weight excluding hydrogens is 320 g/mol. The summed E-state index contributed by atoms with van der Waals surface area (Å²) in [5.41, 5.74) is 2.27. The molecule has 0 aromatic heterocycles. The molecular formula is C19H20N2O4. The van der Waals surface area contributed by atoms with Crippen molar-refractivity contribution in [1.29, 1.82) is 0 Å². The Morgan fingerprint density at radius 1 is 1.12 bits per heavy atom. The van der Waals surface area contributed by atoms with Crippen molar-refractivity contribution < 1.29 is 19.1 Å². The first-order valence-electron chi connectivity index (χ1n) is 7.95. The van der Waals surface area contributed by atoms with Crippen LogP contribution < -0.4 is 19.7 Å². The number of nitrogens with one attached hydrogen (secondary N) is 1. The van der Waals surface area contributed by atoms with Gasteiger partial charge in [-0.1, -0.05) is 18.2 Å². The van der Waals surface area contributed by atoms with Gasteiger partial charge < -0.3 is 14.8 Å². The van der Waals surface area contributed by atoms with Crippen molar-refractivity contribution in [1.82, 2.24) is 0 Å². The van der Waals surface area contributed by atoms with Gasteiger partial charge in [0.05, 0.1) is 19.9 Å². The number of rotatable bonds is 4. The van der Waals surface area contributed by atoms with Gasteiger partial charge >= 0.3 is 0 Å². The predicted molar refractivity (Wildman–Crippen MR) is 95.3 cm³/mol. The number of nitrogens with zero attached hydrogens (tertiary/aromatic N) is 1. The van der Waals surface area contributed by atoms with E-state index in [2.05, 4.69) is 5.32 Å². The van der Waals surface area contributed by atoms with Gasteiger partial charge in [-0.25, -0.2) is 0 Å². The maximum Gasteiger partial charge on any atom is 0.248 e. The summed E-state index contributed by atoms with van der Waals surface area (Å²) in [7, 11) is 3.09. The minimum absolute atomic E-state index is 0.164. The predicted octanol–water partition coefficient (Wildman–Crippen LogP) is 2.62. The Morgan fingerprint density at radius 2 is 1.88 bits per heavy atom. The van der Waals surface area contributed by atoms with Crippen LogP contribution in [0.15, 0.2) is 42.5 Å². The molecule has 0 aliphatic carbocycles. The highest BCUT2D eigenvalue weighted by molar-refractivity contribution is 6.07. The van der Waals surface area contributed by atoms with Gasteiger partial charge in [-0.3, -0.25) is 14.5 Å². The van der Waals surface area contributed by atoms with Crippen molar-refractivity contribution in [3.8, 4) is 11.5 Å². The highest BCUT2D eigenvalue weighted by atomic mass is 16.5. The zero-order valence-electron chi connectivity index (χ0n) is 14.4. The molecule has 1 heterocycles. The molecule has 130 valence electrons. The van der Waals surface area contributed by atoms with Gasteiger partial charge in [0.15, 0.2) is 0 Å². The van der Waals surface area contributed by atoms with E-state index in [1.54, 1.807) is 25.3 Å². The van der Waals surface area contributed by atoms with Gasteiger partial charge in [-0.15, -0.1) is 0 Å². The van der Waals surface area contributed by atoms with Gasteiger partial charge in [0.2, 0.25) is 11.8 Å². The zero-order valence-corrected chi connectivity index (χ0v) is 14.4. The van der Waals surface area contributed by atoms with E-state index in [-0.39, 0.29) is 11.8 Å². The Balaban J connectivity index is 1.88. The number of para-hydroxylation sites is 1. The molecule has 0 saturated heterocycles. The highest BCUT2D eigenvalue weighted by Gasteiger charge is 2.36. The largest absolute Gasteiger partial charge is 0.497 e. The van der Waals surface area contributed by atoms with E-state index in [0.717, 1.165) is 11.3 Å². The summed E-state index contributed by atoms with van der Waals surface area (Å²) in [5.74, 6) is 0.703. The van der Waals surface area contributed by atoms with Gasteiger partial charge in [-0.2, -0.15) is 0 Å². The Kier molecular flexibility index (Phi) is 4.61. The molecule has 1 atom stereocenters. The van der Waals surface area contributed by atoms with E-state index in [9.17, 15) is 9.59 Å². The number of carbonyl (C=O) groups is 2. The maximum absolute atomic E-state index is 12.9. The summed E-state index contributed by atoms with van der Waals surface area (Å²) in [4.78, 5) is 26.5. The second-order valence-corrected chi connectivity index (χ2v) is 5.79. The zero-order chi connectivity index (χ0) is 18.0. The number of methoxy groups -OCH3 is 2. The van der Waals surface area contributed by atoms with Gasteiger partial charge in [0, 0.05) is 25.1 Å². The topological polar surface area (TPSA) is 67.9 Å². The van der Waals surface area contributed by atoms with Crippen molar-refractivity contribution in [2.45, 2.75) is 19.4 Å². The van der Waals surface area contributed by atoms with Crippen LogP contribution in [-0.2, 0) is 16.0 Å². The molecule has 2 aromatic carbocycles. The summed E-state index contributed by atoms with van der Waals surface area (Å²) in [5, 5.41) is 2.86. The molecule has 1 aliphatic heterocycles. The van der Waals surface area contributed by atoms with Gasteiger partial charge in [-0.05, 0) is 23.8 Å². The van der Waals surface area contributed by atoms with Gasteiger partial charge in [0.25, 0.3) is 0 Å². The first-order valence-corrected chi connectivity index (χ1v) is 7.95. The summed E-state index contributed by atoms with van der Waals surface area (Å²) < 4.78 is 10.5. The van der Waals surface area contributed by atoms with Crippen LogP contribution in [0.25, 0.3) is 0 Å². The van der Waals surface area contributed by atoms with Crippen LogP contribution >= 0.6 is 0 Å². The first kappa shape index (κ1) is 16.8. The fourth-order valence-electron chi connectivity index (χ4n) is 3.11. The number of benzene rings is 2. The van der Waals surface area contributed by atoms with E-state index in [4.69, 9.17) is 9.47 Å². The summed E-state index contributed by atoms with van der Waals surface area (Å²) in [6.07, 6.45) is 0.480. The van der Waals surface area contributed by atoms with Crippen LogP contribution in [0.3, 0.4) is 0 Å². The van der Waals surface area contributed by atoms with Crippen LogP contribution in [0.4, 0.5) is 11.4 Å². The van der Waals surface area contributed by atoms with E-state index in [1.807, 2.05) is 24.3 Å². The molecule has 0 spiro atoms. The molecule has 0 radical (unpaired) electrons. The normalized spacial score (nSPS) is 15.5. The Hall–Kier alpha value is -3.02.